The standard InChI is InChI=1S/C21H19N5O3S/c1-12-19(30-18(23-12)9-13-5-3-2-4-6-13)20(28)22-11-17(27)24-14-7-8-15-16(10-14)26-21(29)25-15/h2-8,10H,9,11H2,1H3,(H,22,28)(H,24,27)(H2,25,26,29). The van der Waals surface area contributed by atoms with E-state index in [1.54, 1.807) is 25.1 Å². The molecule has 8 nitrogen and oxygen atoms in total. The van der Waals surface area contributed by atoms with E-state index in [0.717, 1.165) is 10.6 Å². The molecule has 0 aliphatic rings. The molecular formula is C21H19N5O3S. The third-order valence-corrected chi connectivity index (χ3v) is 5.61. The molecule has 0 atom stereocenters. The number of amides is 2. The second-order valence-electron chi connectivity index (χ2n) is 6.75. The molecule has 4 rings (SSSR count). The molecule has 2 aromatic heterocycles. The Morgan fingerprint density at radius 2 is 1.83 bits per heavy atom. The number of fused-ring (bicyclic) bond motifs is 1. The summed E-state index contributed by atoms with van der Waals surface area (Å²) in [7, 11) is 0. The Balaban J connectivity index is 1.35. The van der Waals surface area contributed by atoms with Crippen LogP contribution in [0.25, 0.3) is 11.0 Å². The molecule has 2 amide bonds. The first-order chi connectivity index (χ1) is 14.5. The van der Waals surface area contributed by atoms with Gasteiger partial charge < -0.3 is 20.6 Å². The number of thiazole rings is 1. The maximum Gasteiger partial charge on any atom is 0.323 e. The molecule has 152 valence electrons. The number of rotatable bonds is 6. The number of nitrogens with zero attached hydrogens (tertiary/aromatic N) is 1. The van der Waals surface area contributed by atoms with Gasteiger partial charge in [0.1, 0.15) is 4.88 Å². The summed E-state index contributed by atoms with van der Waals surface area (Å²) in [4.78, 5) is 46.3. The molecule has 0 saturated heterocycles. The van der Waals surface area contributed by atoms with Crippen molar-refractivity contribution in [2.75, 3.05) is 11.9 Å². The van der Waals surface area contributed by atoms with E-state index < -0.39 is 0 Å². The van der Waals surface area contributed by atoms with Crippen LogP contribution in [0.5, 0.6) is 0 Å². The summed E-state index contributed by atoms with van der Waals surface area (Å²) < 4.78 is 0. The van der Waals surface area contributed by atoms with Gasteiger partial charge in [-0.3, -0.25) is 9.59 Å². The van der Waals surface area contributed by atoms with Crippen LogP contribution in [0.1, 0.15) is 25.9 Å². The van der Waals surface area contributed by atoms with Gasteiger partial charge in [0.25, 0.3) is 5.91 Å². The van der Waals surface area contributed by atoms with Crippen LogP contribution in [-0.4, -0.2) is 33.3 Å². The smallest absolute Gasteiger partial charge is 0.323 e. The molecule has 9 heteroatoms. The quantitative estimate of drug-likeness (QED) is 0.382. The minimum atomic E-state index is -0.368. The van der Waals surface area contributed by atoms with Crippen molar-refractivity contribution in [3.05, 3.63) is 80.2 Å². The third kappa shape index (κ3) is 4.47. The lowest BCUT2D eigenvalue weighted by atomic mass is 10.2. The summed E-state index contributed by atoms with van der Waals surface area (Å²) in [6.45, 7) is 1.61. The highest BCUT2D eigenvalue weighted by Crippen LogP contribution is 2.21. The Labute approximate surface area is 175 Å². The summed E-state index contributed by atoms with van der Waals surface area (Å²) in [5, 5.41) is 6.18. The largest absolute Gasteiger partial charge is 0.342 e. The molecule has 2 heterocycles. The molecule has 4 N–H and O–H groups in total. The summed E-state index contributed by atoms with van der Waals surface area (Å²) >= 11 is 1.33. The van der Waals surface area contributed by atoms with Gasteiger partial charge in [-0.1, -0.05) is 30.3 Å². The Kier molecular flexibility index (Phi) is 5.44. The first kappa shape index (κ1) is 19.6. The monoisotopic (exact) mass is 421 g/mol. The number of hydrogen-bond donors (Lipinski definition) is 4. The van der Waals surface area contributed by atoms with Gasteiger partial charge in [-0.25, -0.2) is 9.78 Å². The molecule has 0 aliphatic heterocycles. The maximum absolute atomic E-state index is 12.5. The lowest BCUT2D eigenvalue weighted by Gasteiger charge is -2.06. The van der Waals surface area contributed by atoms with Gasteiger partial charge >= 0.3 is 5.69 Å². The van der Waals surface area contributed by atoms with Crippen LogP contribution >= 0.6 is 11.3 Å². The van der Waals surface area contributed by atoms with Crippen molar-refractivity contribution in [3.8, 4) is 0 Å². The number of carbonyl (C=O) groups is 2. The molecule has 0 bridgehead atoms. The highest BCUT2D eigenvalue weighted by molar-refractivity contribution is 7.13. The lowest BCUT2D eigenvalue weighted by Crippen LogP contribution is -2.32. The van der Waals surface area contributed by atoms with Gasteiger partial charge in [-0.15, -0.1) is 11.3 Å². The normalized spacial score (nSPS) is 10.8. The number of imidazole rings is 1. The van der Waals surface area contributed by atoms with E-state index in [4.69, 9.17) is 0 Å². The molecule has 4 aromatic rings. The van der Waals surface area contributed by atoms with Gasteiger partial charge in [0.2, 0.25) is 5.91 Å². The number of nitrogens with one attached hydrogen (secondary N) is 4. The average molecular weight is 421 g/mol. The number of aryl methyl sites for hydroxylation is 1. The fourth-order valence-corrected chi connectivity index (χ4v) is 4.08. The zero-order valence-electron chi connectivity index (χ0n) is 16.1. The molecule has 0 aliphatic carbocycles. The Morgan fingerprint density at radius 3 is 2.63 bits per heavy atom. The highest BCUT2D eigenvalue weighted by Gasteiger charge is 2.16. The molecule has 30 heavy (non-hydrogen) atoms. The fourth-order valence-electron chi connectivity index (χ4n) is 3.07. The van der Waals surface area contributed by atoms with Gasteiger partial charge in [0.15, 0.2) is 0 Å². The van der Waals surface area contributed by atoms with Gasteiger partial charge in [-0.2, -0.15) is 0 Å². The average Bonchev–Trinajstić information content (AvgIpc) is 3.27. The number of benzene rings is 2. The third-order valence-electron chi connectivity index (χ3n) is 4.45. The summed E-state index contributed by atoms with van der Waals surface area (Å²) in [6.07, 6.45) is 0.657. The SMILES string of the molecule is Cc1nc(Cc2ccccc2)sc1C(=O)NCC(=O)Nc1ccc2[nH]c(=O)[nH]c2c1. The molecule has 0 unspecified atom stereocenters. The lowest BCUT2D eigenvalue weighted by molar-refractivity contribution is -0.115. The Morgan fingerprint density at radius 1 is 1.07 bits per heavy atom. The number of aromatic nitrogens is 3. The number of anilines is 1. The van der Waals surface area contributed by atoms with E-state index in [2.05, 4.69) is 25.6 Å². The van der Waals surface area contributed by atoms with Crippen molar-refractivity contribution in [1.82, 2.24) is 20.3 Å². The highest BCUT2D eigenvalue weighted by atomic mass is 32.1. The van der Waals surface area contributed by atoms with Crippen LogP contribution in [0, 0.1) is 6.92 Å². The first-order valence-electron chi connectivity index (χ1n) is 9.28. The molecule has 0 fully saturated rings. The van der Waals surface area contributed by atoms with E-state index in [1.807, 2.05) is 30.3 Å². The minimum absolute atomic E-state index is 0.175. The van der Waals surface area contributed by atoms with E-state index in [-0.39, 0.29) is 24.0 Å². The molecule has 0 radical (unpaired) electrons. The second-order valence-corrected chi connectivity index (χ2v) is 7.84. The van der Waals surface area contributed by atoms with Crippen molar-refractivity contribution in [2.45, 2.75) is 13.3 Å². The van der Waals surface area contributed by atoms with Crippen LogP contribution in [0.2, 0.25) is 0 Å². The van der Waals surface area contributed by atoms with Crippen LogP contribution < -0.4 is 16.3 Å². The van der Waals surface area contributed by atoms with E-state index in [9.17, 15) is 14.4 Å². The second kappa shape index (κ2) is 8.34. The van der Waals surface area contributed by atoms with Gasteiger partial charge in [0.05, 0.1) is 28.3 Å². The van der Waals surface area contributed by atoms with Crippen molar-refractivity contribution in [3.63, 3.8) is 0 Å². The van der Waals surface area contributed by atoms with E-state index in [1.165, 1.54) is 11.3 Å². The minimum Gasteiger partial charge on any atom is -0.342 e. The predicted octanol–water partition coefficient (Wildman–Crippen LogP) is 2.58. The first-order valence-corrected chi connectivity index (χ1v) is 10.1. The zero-order chi connectivity index (χ0) is 21.1. The van der Waals surface area contributed by atoms with Crippen molar-refractivity contribution >= 4 is 39.9 Å². The van der Waals surface area contributed by atoms with Crippen LogP contribution in [0.3, 0.4) is 0 Å². The molecule has 0 saturated carbocycles. The van der Waals surface area contributed by atoms with Crippen LogP contribution in [0.15, 0.2) is 53.3 Å². The number of carbonyl (C=O) groups excluding carboxylic acids is 2. The predicted molar refractivity (Wildman–Crippen MR) is 116 cm³/mol. The number of H-pyrrole nitrogens is 2. The van der Waals surface area contributed by atoms with Crippen molar-refractivity contribution in [2.24, 2.45) is 0 Å². The molecular weight excluding hydrogens is 402 g/mol. The number of aromatic amines is 2. The number of hydrogen-bond acceptors (Lipinski definition) is 5. The van der Waals surface area contributed by atoms with Crippen LogP contribution in [0.4, 0.5) is 5.69 Å². The maximum atomic E-state index is 12.5. The summed E-state index contributed by atoms with van der Waals surface area (Å²) in [5.41, 5.74) is 3.22. The Bertz CT molecular complexity index is 1270. The van der Waals surface area contributed by atoms with Gasteiger partial charge in [-0.05, 0) is 30.7 Å². The zero-order valence-corrected chi connectivity index (χ0v) is 16.9. The summed E-state index contributed by atoms with van der Waals surface area (Å²) in [6, 6.07) is 14.9. The van der Waals surface area contributed by atoms with Gasteiger partial charge in [0, 0.05) is 12.1 Å². The van der Waals surface area contributed by atoms with Crippen molar-refractivity contribution < 1.29 is 9.59 Å². The van der Waals surface area contributed by atoms with Crippen LogP contribution in [-0.2, 0) is 11.2 Å². The fraction of sp³-hybridized carbons (Fsp3) is 0.143. The molecule has 0 spiro atoms. The van der Waals surface area contributed by atoms with E-state index in [0.29, 0.717) is 33.7 Å². The summed E-state index contributed by atoms with van der Waals surface area (Å²) in [5.74, 6) is -0.697. The molecule has 2 aromatic carbocycles. The Hall–Kier alpha value is -3.72. The topological polar surface area (TPSA) is 120 Å². The van der Waals surface area contributed by atoms with Crippen molar-refractivity contribution in [1.29, 1.82) is 0 Å². The van der Waals surface area contributed by atoms with E-state index >= 15 is 0 Å².